The van der Waals surface area contributed by atoms with Crippen LogP contribution in [0.15, 0.2) is 84.0 Å². The number of halogens is 1. The van der Waals surface area contributed by atoms with E-state index in [0.29, 0.717) is 5.02 Å². The van der Waals surface area contributed by atoms with Crippen molar-refractivity contribution in [2.75, 3.05) is 5.01 Å². The fraction of sp³-hybridized carbons (Fsp3) is 0.0909. The summed E-state index contributed by atoms with van der Waals surface area (Å²) in [4.78, 5) is 8.27. The number of benzene rings is 3. The molecule has 0 saturated carbocycles. The molecule has 1 aliphatic heterocycles. The van der Waals surface area contributed by atoms with E-state index in [9.17, 15) is 0 Å². The summed E-state index contributed by atoms with van der Waals surface area (Å²) in [6.07, 6.45) is 0.759. The zero-order chi connectivity index (χ0) is 18.2. The fourth-order valence-corrected chi connectivity index (χ4v) is 3.74. The molecule has 1 unspecified atom stereocenters. The van der Waals surface area contributed by atoms with Gasteiger partial charge in [-0.15, -0.1) is 0 Å². The van der Waals surface area contributed by atoms with Crippen LogP contribution in [0.2, 0.25) is 5.02 Å². The van der Waals surface area contributed by atoms with Crippen LogP contribution in [0.1, 0.15) is 23.9 Å². The number of imidazole rings is 1. The third-order valence-corrected chi connectivity index (χ3v) is 5.16. The number of nitrogens with zero attached hydrogens (tertiary/aromatic N) is 3. The van der Waals surface area contributed by atoms with Crippen molar-refractivity contribution in [1.29, 1.82) is 0 Å². The minimum absolute atomic E-state index is 0.0347. The maximum Gasteiger partial charge on any atom is 0.132 e. The molecular weight excluding hydrogens is 356 g/mol. The van der Waals surface area contributed by atoms with Gasteiger partial charge in [-0.05, 0) is 29.8 Å². The summed E-state index contributed by atoms with van der Waals surface area (Å²) >= 11 is 6.49. The van der Waals surface area contributed by atoms with Gasteiger partial charge >= 0.3 is 0 Å². The number of aromatic nitrogens is 2. The maximum absolute atomic E-state index is 6.49. The number of hydrogen-bond acceptors (Lipinski definition) is 3. The smallest absolute Gasteiger partial charge is 0.132 e. The van der Waals surface area contributed by atoms with Gasteiger partial charge in [0, 0.05) is 6.42 Å². The highest BCUT2D eigenvalue weighted by atomic mass is 35.5. The molecule has 5 heteroatoms. The third-order valence-electron chi connectivity index (χ3n) is 4.84. The Morgan fingerprint density at radius 3 is 2.44 bits per heavy atom. The predicted molar refractivity (Wildman–Crippen MR) is 110 cm³/mol. The first-order valence-electron chi connectivity index (χ1n) is 8.91. The van der Waals surface area contributed by atoms with Crippen LogP contribution in [0.4, 0.5) is 5.69 Å². The van der Waals surface area contributed by atoms with E-state index < -0.39 is 0 Å². The van der Waals surface area contributed by atoms with Crippen molar-refractivity contribution in [3.05, 3.63) is 95.3 Å². The summed E-state index contributed by atoms with van der Waals surface area (Å²) < 4.78 is 0. The minimum atomic E-state index is -0.0347. The van der Waals surface area contributed by atoms with Crippen molar-refractivity contribution in [2.45, 2.75) is 12.5 Å². The number of hydrogen-bond donors (Lipinski definition) is 1. The third kappa shape index (κ3) is 2.88. The number of nitrogens with one attached hydrogen (secondary N) is 1. The predicted octanol–water partition coefficient (Wildman–Crippen LogP) is 5.57. The van der Waals surface area contributed by atoms with E-state index in [-0.39, 0.29) is 6.04 Å². The first-order valence-corrected chi connectivity index (χ1v) is 9.29. The molecule has 1 aromatic heterocycles. The number of H-pyrrole nitrogens is 1. The number of fused-ring (bicyclic) bond motifs is 1. The van der Waals surface area contributed by atoms with E-state index in [1.165, 1.54) is 0 Å². The van der Waals surface area contributed by atoms with Gasteiger partial charge in [-0.3, -0.25) is 5.01 Å². The molecule has 3 aromatic carbocycles. The van der Waals surface area contributed by atoms with Crippen molar-refractivity contribution in [1.82, 2.24) is 9.97 Å². The number of para-hydroxylation sites is 3. The molecule has 0 aliphatic carbocycles. The van der Waals surface area contributed by atoms with E-state index in [1.807, 2.05) is 71.7 Å². The first-order chi connectivity index (χ1) is 13.3. The number of rotatable bonds is 3. The van der Waals surface area contributed by atoms with E-state index in [0.717, 1.165) is 40.2 Å². The Kier molecular flexibility index (Phi) is 3.91. The van der Waals surface area contributed by atoms with E-state index in [2.05, 4.69) is 17.1 Å². The van der Waals surface area contributed by atoms with Crippen molar-refractivity contribution < 1.29 is 0 Å². The molecular formula is C22H17ClN4. The van der Waals surface area contributed by atoms with E-state index in [1.54, 1.807) is 0 Å². The molecule has 4 aromatic rings. The Labute approximate surface area is 162 Å². The largest absolute Gasteiger partial charge is 0.340 e. The van der Waals surface area contributed by atoms with Crippen LogP contribution >= 0.6 is 11.6 Å². The Bertz CT molecular complexity index is 1100. The molecule has 2 heterocycles. The summed E-state index contributed by atoms with van der Waals surface area (Å²) in [5.41, 5.74) is 5.02. The summed E-state index contributed by atoms with van der Waals surface area (Å²) in [6, 6.07) is 26.1. The summed E-state index contributed by atoms with van der Waals surface area (Å²) in [5.74, 6) is 0.894. The zero-order valence-electron chi connectivity index (χ0n) is 14.5. The molecule has 1 N–H and O–H groups in total. The lowest BCUT2D eigenvalue weighted by molar-refractivity contribution is 0.671. The lowest BCUT2D eigenvalue weighted by Gasteiger charge is -2.22. The van der Waals surface area contributed by atoms with Crippen LogP contribution in [-0.4, -0.2) is 15.7 Å². The normalized spacial score (nSPS) is 16.7. The number of aromatic amines is 1. The average Bonchev–Trinajstić information content (AvgIpc) is 3.33. The summed E-state index contributed by atoms with van der Waals surface area (Å²) in [7, 11) is 0. The molecule has 1 atom stereocenters. The molecule has 0 bridgehead atoms. The molecule has 27 heavy (non-hydrogen) atoms. The molecule has 5 rings (SSSR count). The molecule has 0 fully saturated rings. The van der Waals surface area contributed by atoms with Gasteiger partial charge in [0.2, 0.25) is 0 Å². The van der Waals surface area contributed by atoms with Crippen LogP contribution in [0.3, 0.4) is 0 Å². The van der Waals surface area contributed by atoms with Gasteiger partial charge in [0.15, 0.2) is 0 Å². The number of hydrazone groups is 1. The van der Waals surface area contributed by atoms with Gasteiger partial charge in [0.25, 0.3) is 0 Å². The quantitative estimate of drug-likeness (QED) is 0.510. The average molecular weight is 373 g/mol. The van der Waals surface area contributed by atoms with Crippen molar-refractivity contribution in [2.24, 2.45) is 5.10 Å². The Morgan fingerprint density at radius 2 is 1.63 bits per heavy atom. The van der Waals surface area contributed by atoms with Crippen LogP contribution in [-0.2, 0) is 0 Å². The lowest BCUT2D eigenvalue weighted by atomic mass is 10.0. The highest BCUT2D eigenvalue weighted by Crippen LogP contribution is 2.39. The standard InChI is InChI=1S/C22H17ClN4/c23-16-10-4-7-13-20(16)27-21(14-19(26-27)15-8-2-1-3-9-15)22-24-17-11-5-6-12-18(17)25-22/h1-13,21H,14H2,(H,24,25). The Morgan fingerprint density at radius 1 is 0.889 bits per heavy atom. The van der Waals surface area contributed by atoms with Crippen molar-refractivity contribution in [3.8, 4) is 0 Å². The van der Waals surface area contributed by atoms with Gasteiger partial charge in [-0.25, -0.2) is 4.98 Å². The molecule has 4 nitrogen and oxygen atoms in total. The second kappa shape index (κ2) is 6.56. The molecule has 0 spiro atoms. The van der Waals surface area contributed by atoms with Crippen LogP contribution in [0.5, 0.6) is 0 Å². The van der Waals surface area contributed by atoms with E-state index >= 15 is 0 Å². The number of anilines is 1. The SMILES string of the molecule is Clc1ccccc1N1N=C(c2ccccc2)CC1c1nc2ccccc2[nH]1. The summed E-state index contributed by atoms with van der Waals surface area (Å²) in [6.45, 7) is 0. The summed E-state index contributed by atoms with van der Waals surface area (Å²) in [5, 5.41) is 7.59. The van der Waals surface area contributed by atoms with Gasteiger partial charge in [-0.2, -0.15) is 5.10 Å². The fourth-order valence-electron chi connectivity index (χ4n) is 3.52. The van der Waals surface area contributed by atoms with Crippen LogP contribution < -0.4 is 5.01 Å². The topological polar surface area (TPSA) is 44.3 Å². The van der Waals surface area contributed by atoms with Gasteiger partial charge in [0.05, 0.1) is 27.5 Å². The van der Waals surface area contributed by atoms with Crippen molar-refractivity contribution in [3.63, 3.8) is 0 Å². The highest BCUT2D eigenvalue weighted by Gasteiger charge is 2.33. The Hall–Kier alpha value is -3.11. The second-order valence-electron chi connectivity index (χ2n) is 6.57. The maximum atomic E-state index is 6.49. The van der Waals surface area contributed by atoms with Crippen LogP contribution in [0, 0.1) is 0 Å². The van der Waals surface area contributed by atoms with Crippen LogP contribution in [0.25, 0.3) is 11.0 Å². The molecule has 132 valence electrons. The molecule has 0 amide bonds. The van der Waals surface area contributed by atoms with E-state index in [4.69, 9.17) is 21.7 Å². The Balaban J connectivity index is 1.62. The van der Waals surface area contributed by atoms with Gasteiger partial charge < -0.3 is 4.98 Å². The van der Waals surface area contributed by atoms with Crippen molar-refractivity contribution >= 4 is 34.0 Å². The monoisotopic (exact) mass is 372 g/mol. The second-order valence-corrected chi connectivity index (χ2v) is 6.98. The molecule has 0 radical (unpaired) electrons. The molecule has 0 saturated heterocycles. The minimum Gasteiger partial charge on any atom is -0.340 e. The van der Waals surface area contributed by atoms with Gasteiger partial charge in [0.1, 0.15) is 11.9 Å². The highest BCUT2D eigenvalue weighted by molar-refractivity contribution is 6.33. The lowest BCUT2D eigenvalue weighted by Crippen LogP contribution is -2.20. The zero-order valence-corrected chi connectivity index (χ0v) is 15.3. The first kappa shape index (κ1) is 16.1. The van der Waals surface area contributed by atoms with Gasteiger partial charge in [-0.1, -0.05) is 66.2 Å². The molecule has 1 aliphatic rings.